The third-order valence-corrected chi connectivity index (χ3v) is 7.82. The number of nitrogens with zero attached hydrogens (tertiary/aromatic N) is 3. The number of carbonyl (C=O) groups is 1. The van der Waals surface area contributed by atoms with Crippen LogP contribution in [-0.2, 0) is 14.6 Å². The Morgan fingerprint density at radius 2 is 1.85 bits per heavy atom. The van der Waals surface area contributed by atoms with Crippen LogP contribution in [0, 0.1) is 5.41 Å². The molecule has 0 aromatic heterocycles. The molecule has 0 aliphatic carbocycles. The minimum atomic E-state index is -3.06. The van der Waals surface area contributed by atoms with Gasteiger partial charge in [0.05, 0.1) is 17.5 Å². The van der Waals surface area contributed by atoms with Crippen molar-refractivity contribution >= 4 is 44.0 Å². The second-order valence-corrected chi connectivity index (χ2v) is 12.0. The zero-order valence-electron chi connectivity index (χ0n) is 16.5. The van der Waals surface area contributed by atoms with E-state index in [4.69, 9.17) is 0 Å². The van der Waals surface area contributed by atoms with E-state index in [0.29, 0.717) is 11.6 Å². The van der Waals surface area contributed by atoms with Gasteiger partial charge in [-0.3, -0.25) is 4.79 Å². The van der Waals surface area contributed by atoms with E-state index in [1.54, 1.807) is 0 Å². The highest BCUT2D eigenvalue weighted by Crippen LogP contribution is 2.41. The number of hydrogen-bond donors (Lipinski definition) is 0. The Labute approximate surface area is 165 Å². The molecule has 27 heavy (non-hydrogen) atoms. The maximum absolute atomic E-state index is 12.4. The number of amidine groups is 1. The van der Waals surface area contributed by atoms with Gasteiger partial charge in [0.15, 0.2) is 15.0 Å². The van der Waals surface area contributed by atoms with Gasteiger partial charge in [-0.05, 0) is 29.7 Å². The van der Waals surface area contributed by atoms with E-state index < -0.39 is 9.84 Å². The first kappa shape index (κ1) is 20.2. The summed E-state index contributed by atoms with van der Waals surface area (Å²) in [4.78, 5) is 20.7. The van der Waals surface area contributed by atoms with Crippen LogP contribution in [0.4, 0.5) is 11.4 Å². The van der Waals surface area contributed by atoms with Gasteiger partial charge in [-0.15, -0.1) is 0 Å². The molecule has 0 N–H and O–H groups in total. The van der Waals surface area contributed by atoms with E-state index in [2.05, 4.69) is 4.99 Å². The lowest BCUT2D eigenvalue weighted by Crippen LogP contribution is -2.37. The SMILES string of the molecule is CN(C)c1ccc(N2C(=NC(=O)CC(C)(C)C)S[C@@H]3CS(=O)(=O)C[C@@H]32)cc1. The number of rotatable bonds is 3. The number of carbonyl (C=O) groups excluding carboxylic acids is 1. The Morgan fingerprint density at radius 1 is 1.22 bits per heavy atom. The molecule has 0 saturated carbocycles. The summed E-state index contributed by atoms with van der Waals surface area (Å²) in [5, 5.41) is 0.538. The molecule has 2 saturated heterocycles. The first-order valence-corrected chi connectivity index (χ1v) is 11.7. The van der Waals surface area contributed by atoms with Gasteiger partial charge in [-0.2, -0.15) is 4.99 Å². The van der Waals surface area contributed by atoms with E-state index in [0.717, 1.165) is 11.4 Å². The lowest BCUT2D eigenvalue weighted by atomic mass is 9.92. The normalized spacial score (nSPS) is 25.7. The number of anilines is 2. The molecule has 6 nitrogen and oxygen atoms in total. The van der Waals surface area contributed by atoms with Crippen LogP contribution in [0.5, 0.6) is 0 Å². The highest BCUT2D eigenvalue weighted by molar-refractivity contribution is 8.16. The lowest BCUT2D eigenvalue weighted by molar-refractivity contribution is -0.119. The average Bonchev–Trinajstić information content (AvgIpc) is 2.96. The van der Waals surface area contributed by atoms with Crippen molar-refractivity contribution in [2.45, 2.75) is 38.5 Å². The first-order chi connectivity index (χ1) is 12.5. The summed E-state index contributed by atoms with van der Waals surface area (Å²) in [5.41, 5.74) is 1.80. The fraction of sp³-hybridized carbons (Fsp3) is 0.579. The number of sulfone groups is 1. The van der Waals surface area contributed by atoms with Gasteiger partial charge in [-0.25, -0.2) is 8.42 Å². The molecule has 1 aromatic rings. The molecule has 0 spiro atoms. The van der Waals surface area contributed by atoms with Gasteiger partial charge in [-0.1, -0.05) is 32.5 Å². The molecule has 0 bridgehead atoms. The first-order valence-electron chi connectivity index (χ1n) is 9.00. The van der Waals surface area contributed by atoms with Crippen molar-refractivity contribution in [1.82, 2.24) is 0 Å². The van der Waals surface area contributed by atoms with Crippen molar-refractivity contribution in [2.24, 2.45) is 10.4 Å². The predicted molar refractivity (Wildman–Crippen MR) is 114 cm³/mol. The van der Waals surface area contributed by atoms with Crippen LogP contribution in [0.1, 0.15) is 27.2 Å². The largest absolute Gasteiger partial charge is 0.378 e. The van der Waals surface area contributed by atoms with Gasteiger partial charge in [0.25, 0.3) is 0 Å². The van der Waals surface area contributed by atoms with Crippen molar-refractivity contribution in [3.05, 3.63) is 24.3 Å². The molecule has 2 atom stereocenters. The molecule has 3 rings (SSSR count). The molecule has 2 fully saturated rings. The second kappa shape index (κ2) is 7.13. The smallest absolute Gasteiger partial charge is 0.248 e. The highest BCUT2D eigenvalue weighted by atomic mass is 32.2. The van der Waals surface area contributed by atoms with Crippen LogP contribution in [0.3, 0.4) is 0 Å². The van der Waals surface area contributed by atoms with Crippen molar-refractivity contribution in [3.8, 4) is 0 Å². The molecule has 2 aliphatic rings. The number of hydrogen-bond acceptors (Lipinski definition) is 5. The minimum absolute atomic E-state index is 0.0790. The summed E-state index contributed by atoms with van der Waals surface area (Å²) < 4.78 is 24.3. The van der Waals surface area contributed by atoms with Crippen molar-refractivity contribution in [2.75, 3.05) is 35.4 Å². The lowest BCUT2D eigenvalue weighted by Gasteiger charge is -2.25. The van der Waals surface area contributed by atoms with E-state index >= 15 is 0 Å². The fourth-order valence-corrected chi connectivity index (χ4v) is 7.31. The second-order valence-electron chi connectivity index (χ2n) is 8.61. The number of amides is 1. The van der Waals surface area contributed by atoms with Crippen molar-refractivity contribution in [1.29, 1.82) is 0 Å². The number of benzene rings is 1. The Kier molecular flexibility index (Phi) is 5.33. The van der Waals surface area contributed by atoms with Crippen LogP contribution in [0.15, 0.2) is 29.3 Å². The number of thioether (sulfide) groups is 1. The number of aliphatic imine (C=N–C) groups is 1. The molecule has 148 valence electrons. The Balaban J connectivity index is 1.94. The van der Waals surface area contributed by atoms with Crippen molar-refractivity contribution < 1.29 is 13.2 Å². The Morgan fingerprint density at radius 3 is 2.41 bits per heavy atom. The minimum Gasteiger partial charge on any atom is -0.378 e. The van der Waals surface area contributed by atoms with Gasteiger partial charge in [0, 0.05) is 37.1 Å². The number of fused-ring (bicyclic) bond motifs is 1. The summed E-state index contributed by atoms with van der Waals surface area (Å²) in [6.07, 6.45) is 0.359. The van der Waals surface area contributed by atoms with Crippen LogP contribution in [0.2, 0.25) is 0 Å². The third kappa shape index (κ3) is 4.66. The monoisotopic (exact) mass is 409 g/mol. The van der Waals surface area contributed by atoms with E-state index in [-0.39, 0.29) is 34.1 Å². The van der Waals surface area contributed by atoms with Crippen LogP contribution < -0.4 is 9.80 Å². The molecule has 8 heteroatoms. The maximum atomic E-state index is 12.4. The summed E-state index contributed by atoms with van der Waals surface area (Å²) in [7, 11) is 0.882. The summed E-state index contributed by atoms with van der Waals surface area (Å²) in [6.45, 7) is 6.02. The third-order valence-electron chi connectivity index (χ3n) is 4.61. The standard InChI is InChI=1S/C19H27N3O3S2/c1-19(2,3)10-17(23)20-18-22(14-8-6-13(7-9-14)21(4)5)15-11-27(24,25)12-16(15)26-18/h6-9,15-16H,10-12H2,1-5H3/t15-,16+/m0/s1. The zero-order valence-corrected chi connectivity index (χ0v) is 18.1. The zero-order chi connectivity index (χ0) is 20.0. The summed E-state index contributed by atoms with van der Waals surface area (Å²) in [5.74, 6) is 0.0796. The quantitative estimate of drug-likeness (QED) is 0.765. The van der Waals surface area contributed by atoms with Gasteiger partial charge >= 0.3 is 0 Å². The molecule has 0 unspecified atom stereocenters. The molecule has 1 amide bonds. The molecular formula is C19H27N3O3S2. The molecular weight excluding hydrogens is 382 g/mol. The van der Waals surface area contributed by atoms with Crippen LogP contribution >= 0.6 is 11.8 Å². The molecule has 1 aromatic carbocycles. The van der Waals surface area contributed by atoms with Crippen LogP contribution in [-0.4, -0.2) is 56.4 Å². The Hall–Kier alpha value is -1.54. The molecule has 0 radical (unpaired) electrons. The predicted octanol–water partition coefficient (Wildman–Crippen LogP) is 2.79. The topological polar surface area (TPSA) is 70.0 Å². The van der Waals surface area contributed by atoms with E-state index in [9.17, 15) is 13.2 Å². The summed E-state index contributed by atoms with van der Waals surface area (Å²) in [6, 6.07) is 7.74. The Bertz CT molecular complexity index is 855. The molecule has 2 heterocycles. The van der Waals surface area contributed by atoms with E-state index in [1.165, 1.54) is 11.8 Å². The average molecular weight is 410 g/mol. The van der Waals surface area contributed by atoms with Gasteiger partial charge in [0.1, 0.15) is 0 Å². The molecule has 2 aliphatic heterocycles. The fourth-order valence-electron chi connectivity index (χ4n) is 3.38. The van der Waals surface area contributed by atoms with Crippen molar-refractivity contribution in [3.63, 3.8) is 0 Å². The van der Waals surface area contributed by atoms with Crippen LogP contribution in [0.25, 0.3) is 0 Å². The van der Waals surface area contributed by atoms with E-state index in [1.807, 2.05) is 68.9 Å². The highest BCUT2D eigenvalue weighted by Gasteiger charge is 2.49. The van der Waals surface area contributed by atoms with Gasteiger partial charge in [0.2, 0.25) is 5.91 Å². The van der Waals surface area contributed by atoms with Gasteiger partial charge < -0.3 is 9.80 Å². The summed E-state index contributed by atoms with van der Waals surface area (Å²) >= 11 is 1.42. The maximum Gasteiger partial charge on any atom is 0.248 e.